The Kier molecular flexibility index (Phi) is 14.4. The van der Waals surface area contributed by atoms with Crippen LogP contribution in [0.2, 0.25) is 0 Å². The zero-order valence-corrected chi connectivity index (χ0v) is 42.0. The molecule has 0 saturated carbocycles. The maximum absolute atomic E-state index is 3.81. The zero-order chi connectivity index (χ0) is 45.6. The molecule has 1 heterocycles. The molecule has 0 spiro atoms. The fourth-order valence-corrected chi connectivity index (χ4v) is 11.5. The van der Waals surface area contributed by atoms with Crippen molar-refractivity contribution in [3.05, 3.63) is 335 Å². The second-order valence-corrected chi connectivity index (χ2v) is 19.6. The van der Waals surface area contributed by atoms with Gasteiger partial charge in [0.25, 0.3) is 0 Å². The highest BCUT2D eigenvalue weighted by Crippen LogP contribution is 2.58. The first-order valence-electron chi connectivity index (χ1n) is 22.6. The van der Waals surface area contributed by atoms with Crippen LogP contribution in [0.4, 0.5) is 17.1 Å². The lowest BCUT2D eigenvalue weighted by molar-refractivity contribution is 0.703. The summed E-state index contributed by atoms with van der Waals surface area (Å²) < 4.78 is 3.49. The minimum atomic E-state index is -0.423. The minimum absolute atomic E-state index is 0. The van der Waals surface area contributed by atoms with E-state index in [9.17, 15) is 0 Å². The number of benzene rings is 10. The third kappa shape index (κ3) is 8.48. The van der Waals surface area contributed by atoms with E-state index in [1.165, 1.54) is 75.1 Å². The summed E-state index contributed by atoms with van der Waals surface area (Å²) in [5, 5.41) is 0. The van der Waals surface area contributed by atoms with Gasteiger partial charge in [-0.05, 0) is 153 Å². The Morgan fingerprint density at radius 1 is 0.309 bits per heavy atom. The first kappa shape index (κ1) is 46.8. The average Bonchev–Trinajstić information content (AvgIpc) is 3.40. The number of rotatable bonds is 5. The predicted octanol–water partition coefficient (Wildman–Crippen LogP) is 18.3. The number of hydrogen-bond acceptors (Lipinski definition) is 1. The highest BCUT2D eigenvalue weighted by Gasteiger charge is 2.47. The molecule has 68 heavy (non-hydrogen) atoms. The zero-order valence-electron chi connectivity index (χ0n) is 36.7. The van der Waals surface area contributed by atoms with Crippen molar-refractivity contribution in [1.82, 2.24) is 0 Å². The lowest BCUT2D eigenvalue weighted by Crippen LogP contribution is -2.37. The van der Waals surface area contributed by atoms with Crippen LogP contribution < -0.4 is 4.90 Å². The van der Waals surface area contributed by atoms with Gasteiger partial charge < -0.3 is 4.90 Å². The number of anilines is 3. The Morgan fingerprint density at radius 2 is 0.603 bits per heavy atom. The Bertz CT molecular complexity index is 3070. The molecular weight excluding hydrogens is 1070 g/mol. The summed E-state index contributed by atoms with van der Waals surface area (Å²) >= 11 is 9.48. The third-order valence-corrected chi connectivity index (χ3v) is 16.1. The summed E-state index contributed by atoms with van der Waals surface area (Å²) in [7, 11) is 0. The predicted molar refractivity (Wildman–Crippen MR) is 302 cm³/mol. The van der Waals surface area contributed by atoms with Gasteiger partial charge in [-0.3, -0.25) is 0 Å². The van der Waals surface area contributed by atoms with E-state index in [0.29, 0.717) is 0 Å². The van der Waals surface area contributed by atoms with Crippen molar-refractivity contribution < 1.29 is 0 Å². The molecule has 0 saturated heterocycles. The van der Waals surface area contributed by atoms with Crippen LogP contribution >= 0.6 is 54.5 Å². The van der Waals surface area contributed by atoms with E-state index in [0.717, 1.165) is 16.6 Å². The molecule has 0 unspecified atom stereocenters. The van der Waals surface area contributed by atoms with E-state index in [2.05, 4.69) is 308 Å². The maximum Gasteiger partial charge on any atom is 0.0742 e. The molecule has 12 rings (SSSR count). The maximum atomic E-state index is 3.81. The minimum Gasteiger partial charge on any atom is -0.309 e. The van der Waals surface area contributed by atoms with Gasteiger partial charge >= 0.3 is 0 Å². The Morgan fingerprint density at radius 3 is 0.971 bits per heavy atom. The fraction of sp³-hybridized carbons (Fsp3) is 0.0625. The molecule has 2 aliphatic rings. The van der Waals surface area contributed by atoms with Gasteiger partial charge in [-0.15, -0.1) is 0 Å². The third-order valence-electron chi connectivity index (χ3n) is 13.1. The van der Waals surface area contributed by atoms with Crippen LogP contribution in [0.3, 0.4) is 0 Å². The van der Waals surface area contributed by atoms with Gasteiger partial charge in [-0.1, -0.05) is 238 Å². The number of nitrogens with zero attached hydrogens (tertiary/aromatic N) is 1. The molecule has 0 radical (unpaired) electrons. The number of fused-ring (bicyclic) bond motifs is 4. The van der Waals surface area contributed by atoms with Crippen LogP contribution in [0.15, 0.2) is 276 Å². The topological polar surface area (TPSA) is 3.24 Å². The van der Waals surface area contributed by atoms with E-state index < -0.39 is 5.41 Å². The fourth-order valence-electron chi connectivity index (χ4n) is 10.3. The van der Waals surface area contributed by atoms with Crippen LogP contribution in [0.1, 0.15) is 63.1 Å². The number of halogens is 3. The summed E-state index contributed by atoms with van der Waals surface area (Å²) in [4.78, 5) is 2.39. The van der Waals surface area contributed by atoms with Crippen LogP contribution in [-0.4, -0.2) is 0 Å². The van der Waals surface area contributed by atoms with E-state index in [-0.39, 0.29) is 12.8 Å². The molecule has 10 aromatic carbocycles. The molecule has 10 aromatic rings. The molecule has 0 fully saturated rings. The quantitative estimate of drug-likeness (QED) is 0.155. The summed E-state index contributed by atoms with van der Waals surface area (Å²) in [6, 6.07) is 95.8. The summed E-state index contributed by atoms with van der Waals surface area (Å²) in [5.41, 5.74) is 16.2. The second-order valence-electron chi connectivity index (χ2n) is 16.7. The Hall–Kier alpha value is -6.31. The van der Waals surface area contributed by atoms with Crippen LogP contribution in [0.5, 0.6) is 0 Å². The van der Waals surface area contributed by atoms with Crippen molar-refractivity contribution in [2.24, 2.45) is 0 Å². The van der Waals surface area contributed by atoms with Crippen molar-refractivity contribution >= 4 is 71.5 Å². The molecule has 1 nitrogen and oxygen atoms in total. The van der Waals surface area contributed by atoms with E-state index in [1.54, 1.807) is 0 Å². The molecule has 332 valence electrons. The van der Waals surface area contributed by atoms with Crippen molar-refractivity contribution in [2.75, 3.05) is 4.90 Å². The molecule has 1 aliphatic heterocycles. The van der Waals surface area contributed by atoms with E-state index in [1.807, 2.05) is 18.2 Å². The molecule has 0 amide bonds. The van der Waals surface area contributed by atoms with Gasteiger partial charge in [0.15, 0.2) is 0 Å². The van der Waals surface area contributed by atoms with Gasteiger partial charge in [-0.25, -0.2) is 0 Å². The largest absolute Gasteiger partial charge is 0.309 e. The summed E-state index contributed by atoms with van der Waals surface area (Å²) in [6.45, 7) is 0. The van der Waals surface area contributed by atoms with E-state index in [4.69, 9.17) is 0 Å². The molecule has 0 N–H and O–H groups in total. The molecule has 0 atom stereocenters. The van der Waals surface area contributed by atoms with Gasteiger partial charge in [-0.2, -0.15) is 0 Å². The molecular formula is C64H50Br2IN. The van der Waals surface area contributed by atoms with Crippen molar-refractivity contribution in [3.8, 4) is 0 Å². The first-order valence-corrected chi connectivity index (χ1v) is 25.2. The van der Waals surface area contributed by atoms with Crippen LogP contribution in [-0.2, 0) is 17.3 Å². The molecule has 1 aliphatic carbocycles. The van der Waals surface area contributed by atoms with Crippen LogP contribution in [0, 0.1) is 3.57 Å². The standard InChI is InChI=1S/C31H22BrN.C26H20.C6H4BrI.CH4/c32-27-19-9-12-22-30(27)33-28-20-10-7-17-25(28)31(23-13-3-1-4-14-23,24-15-5-2-6-16-24)26-18-8-11-21-29(26)33;1-3-13-22(14-4-1)26(23-15-5-2-6-16-23)24-17-9-7-11-20(24)19-21-12-8-10-18-25(21)26;7-5-3-1-2-4-6(5)8;/h1-22H;1-18H,19H2;1-4H;1H4. The van der Waals surface area contributed by atoms with Crippen molar-refractivity contribution in [1.29, 1.82) is 0 Å². The van der Waals surface area contributed by atoms with Gasteiger partial charge in [0, 0.05) is 12.5 Å². The van der Waals surface area contributed by atoms with Crippen molar-refractivity contribution in [3.63, 3.8) is 0 Å². The lowest BCUT2D eigenvalue weighted by atomic mass is 9.60. The van der Waals surface area contributed by atoms with E-state index >= 15 is 0 Å². The molecule has 0 bridgehead atoms. The Labute approximate surface area is 432 Å². The van der Waals surface area contributed by atoms with Crippen LogP contribution in [0.25, 0.3) is 0 Å². The first-order chi connectivity index (χ1) is 33.0. The summed E-state index contributed by atoms with van der Waals surface area (Å²) in [5.74, 6) is 0. The lowest BCUT2D eigenvalue weighted by Gasteiger charge is -2.46. The summed E-state index contributed by atoms with van der Waals surface area (Å²) in [6.07, 6.45) is 0.994. The molecule has 4 heteroatoms. The number of para-hydroxylation sites is 3. The highest BCUT2D eigenvalue weighted by molar-refractivity contribution is 14.1. The Balaban J connectivity index is 0.000000147. The molecule has 0 aromatic heterocycles. The SMILES string of the molecule is Brc1ccccc1I.Brc1ccccc1N1c2ccccc2C(c2ccccc2)(c2ccccc2)c2ccccc21.C.c1ccc(C2(c3ccccc3)c3ccccc3Cc3ccccc32)cc1. The highest BCUT2D eigenvalue weighted by atomic mass is 127. The average molecular weight is 1120 g/mol. The van der Waals surface area contributed by atoms with Crippen molar-refractivity contribution in [2.45, 2.75) is 24.7 Å². The van der Waals surface area contributed by atoms with Gasteiger partial charge in [0.05, 0.1) is 27.9 Å². The number of hydrogen-bond donors (Lipinski definition) is 0. The second kappa shape index (κ2) is 20.9. The smallest absolute Gasteiger partial charge is 0.0742 e. The normalized spacial score (nSPS) is 13.2. The van der Waals surface area contributed by atoms with Gasteiger partial charge in [0.2, 0.25) is 0 Å². The van der Waals surface area contributed by atoms with Gasteiger partial charge in [0.1, 0.15) is 0 Å². The monoisotopic (exact) mass is 1120 g/mol.